The molecule has 0 atom stereocenters. The highest BCUT2D eigenvalue weighted by Gasteiger charge is 2.27. The van der Waals surface area contributed by atoms with E-state index in [0.29, 0.717) is 25.5 Å². The Morgan fingerprint density at radius 3 is 2.61 bits per heavy atom. The topological polar surface area (TPSA) is 98.2 Å². The van der Waals surface area contributed by atoms with E-state index in [9.17, 15) is 4.79 Å². The molecule has 10 heteroatoms. The number of fused-ring (bicyclic) bond motifs is 2. The Hall–Kier alpha value is -3.37. The number of rotatable bonds is 4. The highest BCUT2D eigenvalue weighted by molar-refractivity contribution is 7.22. The van der Waals surface area contributed by atoms with Crippen LogP contribution < -0.4 is 10.5 Å². The summed E-state index contributed by atoms with van der Waals surface area (Å²) >= 11 is 1.69. The molecule has 1 amide bonds. The number of methoxy groups -OCH3 is 1. The van der Waals surface area contributed by atoms with Crippen LogP contribution in [0.5, 0.6) is 5.75 Å². The van der Waals surface area contributed by atoms with Crippen LogP contribution in [-0.4, -0.2) is 69.4 Å². The van der Waals surface area contributed by atoms with Crippen molar-refractivity contribution < 1.29 is 14.3 Å². The zero-order valence-corrected chi connectivity index (χ0v) is 22.2. The molecule has 0 spiro atoms. The van der Waals surface area contributed by atoms with Gasteiger partial charge in [-0.05, 0) is 56.3 Å². The number of hydrogen-bond acceptors (Lipinski definition) is 8. The van der Waals surface area contributed by atoms with Crippen LogP contribution in [0.3, 0.4) is 0 Å². The Bertz CT molecular complexity index is 1430. The van der Waals surface area contributed by atoms with Gasteiger partial charge in [-0.2, -0.15) is 5.10 Å². The smallest absolute Gasteiger partial charge is 0.410 e. The number of thiophene rings is 1. The van der Waals surface area contributed by atoms with E-state index in [1.54, 1.807) is 23.3 Å². The van der Waals surface area contributed by atoms with E-state index in [2.05, 4.69) is 40.1 Å². The third-order valence-corrected chi connectivity index (χ3v) is 7.47. The van der Waals surface area contributed by atoms with Crippen LogP contribution in [0.4, 0.5) is 10.6 Å². The molecule has 3 aromatic heterocycles. The fourth-order valence-electron chi connectivity index (χ4n) is 4.67. The van der Waals surface area contributed by atoms with Gasteiger partial charge in [-0.3, -0.25) is 4.90 Å². The third-order valence-electron chi connectivity index (χ3n) is 6.29. The summed E-state index contributed by atoms with van der Waals surface area (Å²) in [6.45, 7) is 11.2. The number of carbonyl (C=O) groups is 1. The summed E-state index contributed by atoms with van der Waals surface area (Å²) in [5.74, 6) is 1.32. The molecule has 1 fully saturated rings. The molecule has 0 bridgehead atoms. The summed E-state index contributed by atoms with van der Waals surface area (Å²) in [6.07, 6.45) is 3.26. The van der Waals surface area contributed by atoms with Gasteiger partial charge in [0.05, 0.1) is 11.8 Å². The second kappa shape index (κ2) is 9.25. The van der Waals surface area contributed by atoms with Crippen molar-refractivity contribution in [3.05, 3.63) is 41.9 Å². The van der Waals surface area contributed by atoms with Crippen LogP contribution in [0.15, 0.2) is 30.7 Å². The van der Waals surface area contributed by atoms with E-state index in [1.165, 1.54) is 6.33 Å². The van der Waals surface area contributed by atoms with Gasteiger partial charge in [-0.15, -0.1) is 11.3 Å². The van der Waals surface area contributed by atoms with Crippen molar-refractivity contribution in [2.45, 2.75) is 39.8 Å². The normalized spacial score (nSPS) is 15.1. The molecule has 0 unspecified atom stereocenters. The Morgan fingerprint density at radius 1 is 1.17 bits per heavy atom. The van der Waals surface area contributed by atoms with Crippen molar-refractivity contribution in [2.24, 2.45) is 0 Å². The predicted octanol–water partition coefficient (Wildman–Crippen LogP) is 4.56. The van der Waals surface area contributed by atoms with Crippen LogP contribution in [-0.2, 0) is 11.3 Å². The van der Waals surface area contributed by atoms with E-state index in [0.717, 1.165) is 56.0 Å². The number of piperazine rings is 1. The Balaban J connectivity index is 1.46. The number of benzene rings is 1. The summed E-state index contributed by atoms with van der Waals surface area (Å²) in [5.41, 5.74) is 9.98. The Kier molecular flexibility index (Phi) is 6.25. The number of amides is 1. The maximum absolute atomic E-state index is 12.5. The zero-order valence-electron chi connectivity index (χ0n) is 21.4. The minimum absolute atomic E-state index is 0.255. The lowest BCUT2D eigenvalue weighted by atomic mass is 10.1. The zero-order chi connectivity index (χ0) is 25.6. The molecular formula is C26H32N6O3S. The number of ether oxygens (including phenoxy) is 2. The molecule has 9 nitrogen and oxygen atoms in total. The summed E-state index contributed by atoms with van der Waals surface area (Å²) in [4.78, 5) is 22.0. The predicted molar refractivity (Wildman–Crippen MR) is 143 cm³/mol. The van der Waals surface area contributed by atoms with Gasteiger partial charge in [-0.25, -0.2) is 14.3 Å². The van der Waals surface area contributed by atoms with Crippen molar-refractivity contribution >= 4 is 38.9 Å². The van der Waals surface area contributed by atoms with Crippen molar-refractivity contribution in [2.75, 3.05) is 39.0 Å². The van der Waals surface area contributed by atoms with Gasteiger partial charge in [-0.1, -0.05) is 6.07 Å². The molecule has 5 rings (SSSR count). The average molecular weight is 509 g/mol. The van der Waals surface area contributed by atoms with Gasteiger partial charge in [0.25, 0.3) is 0 Å². The molecule has 4 heterocycles. The molecule has 36 heavy (non-hydrogen) atoms. The van der Waals surface area contributed by atoms with Gasteiger partial charge < -0.3 is 20.1 Å². The summed E-state index contributed by atoms with van der Waals surface area (Å²) in [6, 6.07) is 6.43. The van der Waals surface area contributed by atoms with Crippen LogP contribution in [0.25, 0.3) is 26.0 Å². The fraction of sp³-hybridized carbons (Fsp3) is 0.423. The van der Waals surface area contributed by atoms with Gasteiger partial charge in [0.2, 0.25) is 0 Å². The molecule has 2 N–H and O–H groups in total. The van der Waals surface area contributed by atoms with Crippen molar-refractivity contribution in [1.82, 2.24) is 24.4 Å². The molecule has 1 saturated heterocycles. The molecule has 0 radical (unpaired) electrons. The van der Waals surface area contributed by atoms with Crippen LogP contribution in [0.2, 0.25) is 0 Å². The maximum Gasteiger partial charge on any atom is 0.410 e. The number of hydrogen-bond donors (Lipinski definition) is 1. The standard InChI is InChI=1S/C26H32N6O3S/c1-16-10-17-12-20(36-23(17)19(11-16)34-5)21-18(14-32-22(21)24(27)28-15-29-32)13-30-6-8-31(9-7-30)25(33)35-26(2,3)4/h10-12,14-15H,6-9,13H2,1-5H3,(H2,27,28,29). The van der Waals surface area contributed by atoms with Gasteiger partial charge >= 0.3 is 6.09 Å². The lowest BCUT2D eigenvalue weighted by Gasteiger charge is -2.35. The van der Waals surface area contributed by atoms with Gasteiger partial charge in [0.1, 0.15) is 23.2 Å². The Morgan fingerprint density at radius 2 is 1.92 bits per heavy atom. The minimum atomic E-state index is -0.498. The monoisotopic (exact) mass is 508 g/mol. The molecule has 1 aromatic carbocycles. The second-order valence-electron chi connectivity index (χ2n) is 10.2. The SMILES string of the molecule is COc1cc(C)cc2cc(-c3c(CN4CCN(C(=O)OC(C)(C)C)CC4)cn4ncnc(N)c34)sc12. The summed E-state index contributed by atoms with van der Waals surface area (Å²) < 4.78 is 14.1. The number of carbonyl (C=O) groups excluding carboxylic acids is 1. The first-order valence-corrected chi connectivity index (χ1v) is 12.8. The van der Waals surface area contributed by atoms with E-state index in [-0.39, 0.29) is 6.09 Å². The van der Waals surface area contributed by atoms with Crippen molar-refractivity contribution in [3.63, 3.8) is 0 Å². The molecular weight excluding hydrogens is 476 g/mol. The first-order valence-electron chi connectivity index (χ1n) is 12.0. The quantitative estimate of drug-likeness (QED) is 0.431. The lowest BCUT2D eigenvalue weighted by molar-refractivity contribution is 0.0139. The van der Waals surface area contributed by atoms with Crippen LogP contribution in [0, 0.1) is 6.92 Å². The lowest BCUT2D eigenvalue weighted by Crippen LogP contribution is -2.49. The van der Waals surface area contributed by atoms with E-state index in [1.807, 2.05) is 31.5 Å². The average Bonchev–Trinajstić information content (AvgIpc) is 3.39. The van der Waals surface area contributed by atoms with E-state index >= 15 is 0 Å². The first-order chi connectivity index (χ1) is 17.1. The van der Waals surface area contributed by atoms with E-state index in [4.69, 9.17) is 15.2 Å². The van der Waals surface area contributed by atoms with Crippen molar-refractivity contribution in [3.8, 4) is 16.2 Å². The number of nitrogens with two attached hydrogens (primary N) is 1. The molecule has 190 valence electrons. The van der Waals surface area contributed by atoms with Crippen LogP contribution in [0.1, 0.15) is 31.9 Å². The second-order valence-corrected chi connectivity index (χ2v) is 11.3. The van der Waals surface area contributed by atoms with Gasteiger partial charge in [0, 0.05) is 49.4 Å². The fourth-order valence-corrected chi connectivity index (χ4v) is 5.89. The molecule has 0 saturated carbocycles. The largest absolute Gasteiger partial charge is 0.495 e. The summed E-state index contributed by atoms with van der Waals surface area (Å²) in [5, 5.41) is 5.57. The van der Waals surface area contributed by atoms with Gasteiger partial charge in [0.15, 0.2) is 5.82 Å². The number of nitrogens with zero attached hydrogens (tertiary/aromatic N) is 5. The molecule has 4 aromatic rings. The summed E-state index contributed by atoms with van der Waals surface area (Å²) in [7, 11) is 1.70. The highest BCUT2D eigenvalue weighted by atomic mass is 32.1. The van der Waals surface area contributed by atoms with Crippen molar-refractivity contribution in [1.29, 1.82) is 0 Å². The maximum atomic E-state index is 12.5. The number of anilines is 1. The molecule has 1 aliphatic rings. The molecule has 1 aliphatic heterocycles. The Labute approximate surface area is 214 Å². The minimum Gasteiger partial charge on any atom is -0.495 e. The number of aryl methyl sites for hydroxylation is 1. The van der Waals surface area contributed by atoms with Crippen LogP contribution >= 0.6 is 11.3 Å². The third kappa shape index (κ3) is 4.70. The number of nitrogen functional groups attached to an aromatic ring is 1. The number of aromatic nitrogens is 3. The van der Waals surface area contributed by atoms with E-state index < -0.39 is 5.60 Å². The molecule has 0 aliphatic carbocycles. The highest BCUT2D eigenvalue weighted by Crippen LogP contribution is 2.43. The first kappa shape index (κ1) is 24.3.